The van der Waals surface area contributed by atoms with Crippen LogP contribution in [0, 0.1) is 18.3 Å². The number of likely N-dealkylation sites (tertiary alicyclic amines) is 1. The Morgan fingerprint density at radius 2 is 2.31 bits per heavy atom. The molecule has 1 aromatic heterocycles. The Kier molecular flexibility index (Phi) is 4.36. The molecule has 0 spiro atoms. The van der Waals surface area contributed by atoms with Gasteiger partial charge in [0, 0.05) is 36.0 Å². The van der Waals surface area contributed by atoms with E-state index in [1.807, 2.05) is 42.2 Å². The van der Waals surface area contributed by atoms with Crippen LogP contribution in [0.1, 0.15) is 25.1 Å². The number of fused-ring (bicyclic) bond motifs is 1. The summed E-state index contributed by atoms with van der Waals surface area (Å²) in [5.74, 6) is 1.14. The third-order valence-corrected chi connectivity index (χ3v) is 5.83. The lowest BCUT2D eigenvalue weighted by atomic mass is 9.82. The Morgan fingerprint density at radius 1 is 1.42 bits per heavy atom. The van der Waals surface area contributed by atoms with Gasteiger partial charge in [-0.25, -0.2) is 14.8 Å². The smallest absolute Gasteiger partial charge is 0.321 e. The van der Waals surface area contributed by atoms with E-state index >= 15 is 0 Å². The monoisotopic (exact) mass is 352 g/mol. The second kappa shape index (κ2) is 6.68. The number of carbonyl (C=O) groups is 1. The van der Waals surface area contributed by atoms with Gasteiger partial charge >= 0.3 is 6.03 Å². The van der Waals surface area contributed by atoms with Crippen LogP contribution in [0.3, 0.4) is 0 Å². The summed E-state index contributed by atoms with van der Waals surface area (Å²) in [7, 11) is 0. The van der Waals surface area contributed by atoms with E-state index in [4.69, 9.17) is 0 Å². The molecule has 2 atom stereocenters. The van der Waals surface area contributed by atoms with Crippen molar-refractivity contribution in [1.29, 1.82) is 0 Å². The van der Waals surface area contributed by atoms with Crippen molar-refractivity contribution in [2.24, 2.45) is 11.3 Å². The molecule has 1 aliphatic heterocycles. The van der Waals surface area contributed by atoms with Crippen molar-refractivity contribution >= 4 is 11.7 Å². The fraction of sp³-hybridized carbons (Fsp3) is 0.450. The van der Waals surface area contributed by atoms with Gasteiger partial charge in [-0.15, -0.1) is 0 Å². The highest BCUT2D eigenvalue weighted by Gasteiger charge is 2.50. The van der Waals surface area contributed by atoms with Crippen LogP contribution in [0.5, 0.6) is 0 Å². The minimum atomic E-state index is -0.0942. The van der Waals surface area contributed by atoms with Crippen LogP contribution in [-0.4, -0.2) is 45.7 Å². The van der Waals surface area contributed by atoms with E-state index < -0.39 is 0 Å². The number of rotatable bonds is 3. The number of anilines is 1. The standard InChI is InChI=1S/C20H24N4O2/c1-14-21-9-7-18(22-14)15-4-2-6-17(10-15)23-19(26)24-11-16-5-3-8-20(16,12-24)13-25/h2,4,6-7,9-10,16,25H,3,5,8,11-13H2,1H3,(H,23,26)/t16-,20+/m0/s1. The second-order valence-corrected chi connectivity index (χ2v) is 7.49. The van der Waals surface area contributed by atoms with Gasteiger partial charge in [0.05, 0.1) is 12.3 Å². The van der Waals surface area contributed by atoms with Gasteiger partial charge in [0.25, 0.3) is 0 Å². The van der Waals surface area contributed by atoms with E-state index in [0.29, 0.717) is 12.5 Å². The highest BCUT2D eigenvalue weighted by atomic mass is 16.3. The Hall–Kier alpha value is -2.47. The second-order valence-electron chi connectivity index (χ2n) is 7.49. The molecule has 6 nitrogen and oxygen atoms in total. The third-order valence-electron chi connectivity index (χ3n) is 5.83. The van der Waals surface area contributed by atoms with Crippen LogP contribution >= 0.6 is 0 Å². The van der Waals surface area contributed by atoms with Gasteiger partial charge in [-0.05, 0) is 43.9 Å². The van der Waals surface area contributed by atoms with Gasteiger partial charge in [0.2, 0.25) is 0 Å². The molecule has 2 aromatic rings. The lowest BCUT2D eigenvalue weighted by Gasteiger charge is -2.25. The first-order chi connectivity index (χ1) is 12.6. The first kappa shape index (κ1) is 17.0. The van der Waals surface area contributed by atoms with E-state index in [1.54, 1.807) is 6.20 Å². The van der Waals surface area contributed by atoms with E-state index in [1.165, 1.54) is 0 Å². The van der Waals surface area contributed by atoms with Gasteiger partial charge in [-0.1, -0.05) is 18.6 Å². The van der Waals surface area contributed by atoms with Crippen molar-refractivity contribution in [3.05, 3.63) is 42.4 Å². The number of nitrogens with one attached hydrogen (secondary N) is 1. The summed E-state index contributed by atoms with van der Waals surface area (Å²) in [6, 6.07) is 9.46. The molecule has 0 bridgehead atoms. The Bertz CT molecular complexity index is 825. The normalized spacial score (nSPS) is 24.5. The lowest BCUT2D eigenvalue weighted by Crippen LogP contribution is -2.36. The maximum absolute atomic E-state index is 12.7. The fourth-order valence-corrected chi connectivity index (χ4v) is 4.40. The number of amides is 2. The van der Waals surface area contributed by atoms with Crippen LogP contribution in [0.15, 0.2) is 36.5 Å². The molecule has 26 heavy (non-hydrogen) atoms. The minimum absolute atomic E-state index is 0.0856. The molecular weight excluding hydrogens is 328 g/mol. The number of urea groups is 1. The van der Waals surface area contributed by atoms with Gasteiger partial charge in [-0.3, -0.25) is 0 Å². The van der Waals surface area contributed by atoms with Crippen LogP contribution in [0.25, 0.3) is 11.3 Å². The maximum atomic E-state index is 12.7. The first-order valence-electron chi connectivity index (χ1n) is 9.16. The van der Waals surface area contributed by atoms with Crippen molar-refractivity contribution in [2.45, 2.75) is 26.2 Å². The number of aliphatic hydroxyl groups excluding tert-OH is 1. The molecule has 1 aromatic carbocycles. The quantitative estimate of drug-likeness (QED) is 0.890. The number of nitrogens with zero attached hydrogens (tertiary/aromatic N) is 3. The van der Waals surface area contributed by atoms with Crippen LogP contribution in [-0.2, 0) is 0 Å². The number of aliphatic hydroxyl groups is 1. The molecule has 136 valence electrons. The number of carbonyl (C=O) groups excluding carboxylic acids is 1. The van der Waals surface area contributed by atoms with E-state index in [2.05, 4.69) is 15.3 Å². The van der Waals surface area contributed by atoms with Gasteiger partial charge in [0.1, 0.15) is 5.82 Å². The topological polar surface area (TPSA) is 78.4 Å². The maximum Gasteiger partial charge on any atom is 0.321 e. The van der Waals surface area contributed by atoms with E-state index in [-0.39, 0.29) is 18.1 Å². The molecule has 2 fully saturated rings. The van der Waals surface area contributed by atoms with Crippen molar-refractivity contribution in [1.82, 2.24) is 14.9 Å². The zero-order valence-electron chi connectivity index (χ0n) is 15.0. The number of aromatic nitrogens is 2. The number of hydrogen-bond acceptors (Lipinski definition) is 4. The SMILES string of the molecule is Cc1nccc(-c2cccc(NC(=O)N3C[C@@H]4CCC[C@]4(CO)C3)c2)n1. The molecule has 1 saturated carbocycles. The Morgan fingerprint density at radius 3 is 3.08 bits per heavy atom. The van der Waals surface area contributed by atoms with Gasteiger partial charge < -0.3 is 15.3 Å². The summed E-state index contributed by atoms with van der Waals surface area (Å²) in [5, 5.41) is 12.8. The molecule has 0 unspecified atom stereocenters. The molecule has 2 N–H and O–H groups in total. The lowest BCUT2D eigenvalue weighted by molar-refractivity contribution is 0.114. The minimum Gasteiger partial charge on any atom is -0.396 e. The molecule has 6 heteroatoms. The van der Waals surface area contributed by atoms with E-state index in [0.717, 1.165) is 48.6 Å². The van der Waals surface area contributed by atoms with E-state index in [9.17, 15) is 9.90 Å². The summed E-state index contributed by atoms with van der Waals surface area (Å²) >= 11 is 0. The Balaban J connectivity index is 1.48. The highest BCUT2D eigenvalue weighted by Crippen LogP contribution is 2.48. The predicted octanol–water partition coefficient (Wildman–Crippen LogP) is 3.08. The molecule has 4 rings (SSSR count). The average molecular weight is 352 g/mol. The van der Waals surface area contributed by atoms with Crippen molar-refractivity contribution < 1.29 is 9.90 Å². The van der Waals surface area contributed by atoms with Crippen LogP contribution < -0.4 is 5.32 Å². The zero-order chi connectivity index (χ0) is 18.1. The first-order valence-corrected chi connectivity index (χ1v) is 9.16. The highest BCUT2D eigenvalue weighted by molar-refractivity contribution is 5.90. The van der Waals surface area contributed by atoms with Crippen molar-refractivity contribution in [3.63, 3.8) is 0 Å². The number of benzene rings is 1. The average Bonchev–Trinajstić information content (AvgIpc) is 3.19. The molecule has 2 aliphatic rings. The molecule has 2 amide bonds. The molecule has 1 saturated heterocycles. The Labute approximate surface area is 153 Å². The van der Waals surface area contributed by atoms with Crippen molar-refractivity contribution in [3.8, 4) is 11.3 Å². The zero-order valence-corrected chi connectivity index (χ0v) is 15.0. The van der Waals surface area contributed by atoms with Gasteiger partial charge in [-0.2, -0.15) is 0 Å². The molecule has 2 heterocycles. The number of aryl methyl sites for hydroxylation is 1. The largest absolute Gasteiger partial charge is 0.396 e. The summed E-state index contributed by atoms with van der Waals surface area (Å²) in [6.45, 7) is 3.41. The van der Waals surface area contributed by atoms with Crippen molar-refractivity contribution in [2.75, 3.05) is 25.0 Å². The van der Waals surface area contributed by atoms with Gasteiger partial charge in [0.15, 0.2) is 0 Å². The molecular formula is C20H24N4O2. The summed E-state index contributed by atoms with van der Waals surface area (Å²) in [6.07, 6.45) is 5.01. The van der Waals surface area contributed by atoms with Crippen LogP contribution in [0.2, 0.25) is 0 Å². The fourth-order valence-electron chi connectivity index (χ4n) is 4.40. The summed E-state index contributed by atoms with van der Waals surface area (Å²) in [4.78, 5) is 23.1. The summed E-state index contributed by atoms with van der Waals surface area (Å²) < 4.78 is 0. The number of hydrogen-bond donors (Lipinski definition) is 2. The molecule has 1 aliphatic carbocycles. The van der Waals surface area contributed by atoms with Crippen LogP contribution in [0.4, 0.5) is 10.5 Å². The third kappa shape index (κ3) is 3.05. The molecule has 0 radical (unpaired) electrons. The summed E-state index contributed by atoms with van der Waals surface area (Å²) in [5.41, 5.74) is 2.44. The predicted molar refractivity (Wildman–Crippen MR) is 99.7 cm³/mol.